The van der Waals surface area contributed by atoms with Gasteiger partial charge in [-0.05, 0) is 48.9 Å². The maximum Gasteiger partial charge on any atom is 0.260 e. The molecule has 1 aliphatic rings. The zero-order valence-electron chi connectivity index (χ0n) is 14.2. The van der Waals surface area contributed by atoms with Crippen molar-refractivity contribution < 1.29 is 14.3 Å². The number of hydrogen-bond donors (Lipinski definition) is 1. The molecule has 6 heteroatoms. The fraction of sp³-hybridized carbons (Fsp3) is 0.368. The van der Waals surface area contributed by atoms with Crippen molar-refractivity contribution in [1.82, 2.24) is 10.2 Å². The van der Waals surface area contributed by atoms with Crippen LogP contribution in [0.2, 0.25) is 0 Å². The Morgan fingerprint density at radius 3 is 2.76 bits per heavy atom. The van der Waals surface area contributed by atoms with Crippen LogP contribution in [0, 0.1) is 6.92 Å². The van der Waals surface area contributed by atoms with Crippen LogP contribution < -0.4 is 10.1 Å². The third kappa shape index (κ3) is 4.82. The van der Waals surface area contributed by atoms with Gasteiger partial charge in [-0.1, -0.05) is 12.1 Å². The number of hydrogen-bond acceptors (Lipinski definition) is 4. The Bertz CT molecular complexity index is 722. The zero-order valence-corrected chi connectivity index (χ0v) is 15.1. The van der Waals surface area contributed by atoms with Crippen molar-refractivity contribution in [1.29, 1.82) is 0 Å². The number of aryl methyl sites for hydroxylation is 1. The zero-order chi connectivity index (χ0) is 17.6. The number of benzene rings is 1. The molecule has 5 nitrogen and oxygen atoms in total. The lowest BCUT2D eigenvalue weighted by atomic mass is 10.0. The Morgan fingerprint density at radius 1 is 1.28 bits per heavy atom. The highest BCUT2D eigenvalue weighted by Crippen LogP contribution is 2.15. The molecule has 0 bridgehead atoms. The molecule has 132 valence electrons. The number of nitrogens with zero attached hydrogens (tertiary/aromatic N) is 1. The molecule has 1 aromatic heterocycles. The maximum atomic E-state index is 12.3. The van der Waals surface area contributed by atoms with E-state index in [1.54, 1.807) is 0 Å². The summed E-state index contributed by atoms with van der Waals surface area (Å²) in [6, 6.07) is 9.61. The van der Waals surface area contributed by atoms with Gasteiger partial charge in [-0.3, -0.25) is 9.59 Å². The smallest absolute Gasteiger partial charge is 0.260 e. The van der Waals surface area contributed by atoms with Crippen molar-refractivity contribution in [3.05, 3.63) is 52.2 Å². The first kappa shape index (κ1) is 17.5. The van der Waals surface area contributed by atoms with Crippen molar-refractivity contribution in [3.63, 3.8) is 0 Å². The van der Waals surface area contributed by atoms with E-state index in [0.717, 1.165) is 18.4 Å². The summed E-state index contributed by atoms with van der Waals surface area (Å²) in [7, 11) is 0. The molecule has 0 spiro atoms. The molecule has 0 aliphatic carbocycles. The number of amides is 2. The summed E-state index contributed by atoms with van der Waals surface area (Å²) in [5, 5.41) is 6.78. The summed E-state index contributed by atoms with van der Waals surface area (Å²) in [5.41, 5.74) is 1.81. The number of piperidine rings is 1. The summed E-state index contributed by atoms with van der Waals surface area (Å²) < 4.78 is 5.58. The Labute approximate surface area is 151 Å². The van der Waals surface area contributed by atoms with Crippen LogP contribution in [0.15, 0.2) is 41.1 Å². The van der Waals surface area contributed by atoms with Crippen molar-refractivity contribution in [2.45, 2.75) is 25.8 Å². The highest BCUT2D eigenvalue weighted by atomic mass is 32.1. The first-order valence-corrected chi connectivity index (χ1v) is 9.36. The van der Waals surface area contributed by atoms with Gasteiger partial charge < -0.3 is 15.0 Å². The molecule has 3 rings (SSSR count). The van der Waals surface area contributed by atoms with Crippen molar-refractivity contribution >= 4 is 23.2 Å². The molecule has 25 heavy (non-hydrogen) atoms. The molecule has 1 aliphatic heterocycles. The van der Waals surface area contributed by atoms with Gasteiger partial charge in [0.25, 0.3) is 11.8 Å². The first-order chi connectivity index (χ1) is 12.1. The van der Waals surface area contributed by atoms with Crippen molar-refractivity contribution in [2.75, 3.05) is 19.7 Å². The van der Waals surface area contributed by atoms with E-state index in [9.17, 15) is 9.59 Å². The third-order valence-corrected chi connectivity index (χ3v) is 5.00. The van der Waals surface area contributed by atoms with Gasteiger partial charge in [-0.2, -0.15) is 11.3 Å². The van der Waals surface area contributed by atoms with Gasteiger partial charge in [0.2, 0.25) is 0 Å². The van der Waals surface area contributed by atoms with Crippen LogP contribution in [0.3, 0.4) is 0 Å². The van der Waals surface area contributed by atoms with Gasteiger partial charge in [0.15, 0.2) is 6.61 Å². The van der Waals surface area contributed by atoms with E-state index in [2.05, 4.69) is 5.32 Å². The Kier molecular flexibility index (Phi) is 5.71. The second kappa shape index (κ2) is 8.16. The van der Waals surface area contributed by atoms with E-state index in [4.69, 9.17) is 4.74 Å². The molecule has 2 amide bonds. The minimum atomic E-state index is -0.0335. The molecule has 1 aromatic carbocycles. The number of carbonyl (C=O) groups excluding carboxylic acids is 2. The Balaban J connectivity index is 1.42. The van der Waals surface area contributed by atoms with E-state index < -0.39 is 0 Å². The lowest BCUT2D eigenvalue weighted by Crippen LogP contribution is -2.47. The van der Waals surface area contributed by atoms with Crippen LogP contribution in [0.1, 0.15) is 28.8 Å². The summed E-state index contributed by atoms with van der Waals surface area (Å²) in [5.74, 6) is 0.671. The molecule has 0 atom stereocenters. The van der Waals surface area contributed by atoms with Gasteiger partial charge in [0.1, 0.15) is 5.75 Å². The summed E-state index contributed by atoms with van der Waals surface area (Å²) in [4.78, 5) is 26.2. The standard InChI is InChI=1S/C19H22N2O3S/c1-14-3-2-4-17(11-14)24-12-18(22)21-8-5-16(6-9-21)20-19(23)15-7-10-25-13-15/h2-4,7,10-11,13,16H,5-6,8-9,12H2,1H3,(H,20,23). The van der Waals surface area contributed by atoms with Crippen LogP contribution in [0.4, 0.5) is 0 Å². The third-order valence-electron chi connectivity index (χ3n) is 4.32. The molecule has 1 N–H and O–H groups in total. The van der Waals surface area contributed by atoms with Crippen LogP contribution in [0.25, 0.3) is 0 Å². The van der Waals surface area contributed by atoms with Gasteiger partial charge in [0, 0.05) is 30.1 Å². The van der Waals surface area contributed by atoms with Crippen LogP contribution in [-0.2, 0) is 4.79 Å². The second-order valence-corrected chi connectivity index (χ2v) is 7.03. The Hall–Kier alpha value is -2.34. The van der Waals surface area contributed by atoms with Gasteiger partial charge >= 0.3 is 0 Å². The second-order valence-electron chi connectivity index (χ2n) is 6.25. The van der Waals surface area contributed by atoms with Crippen LogP contribution in [-0.4, -0.2) is 42.5 Å². The monoisotopic (exact) mass is 358 g/mol. The van der Waals surface area contributed by atoms with Crippen LogP contribution >= 0.6 is 11.3 Å². The van der Waals surface area contributed by atoms with Gasteiger partial charge in [-0.15, -0.1) is 0 Å². The molecule has 0 unspecified atom stereocenters. The average Bonchev–Trinajstić information content (AvgIpc) is 3.15. The first-order valence-electron chi connectivity index (χ1n) is 8.42. The number of rotatable bonds is 5. The number of thiophene rings is 1. The molecular weight excluding hydrogens is 336 g/mol. The molecular formula is C19H22N2O3S. The molecule has 0 saturated carbocycles. The molecule has 1 saturated heterocycles. The Morgan fingerprint density at radius 2 is 2.08 bits per heavy atom. The predicted molar refractivity (Wildman–Crippen MR) is 98.1 cm³/mol. The highest BCUT2D eigenvalue weighted by molar-refractivity contribution is 7.08. The lowest BCUT2D eigenvalue weighted by molar-refractivity contribution is -0.134. The van der Waals surface area contributed by atoms with E-state index in [1.807, 2.05) is 52.9 Å². The number of nitrogens with one attached hydrogen (secondary N) is 1. The fourth-order valence-electron chi connectivity index (χ4n) is 2.88. The molecule has 0 radical (unpaired) electrons. The minimum absolute atomic E-state index is 0.0101. The lowest BCUT2D eigenvalue weighted by Gasteiger charge is -2.32. The van der Waals surface area contributed by atoms with Crippen LogP contribution in [0.5, 0.6) is 5.75 Å². The number of carbonyl (C=O) groups is 2. The largest absolute Gasteiger partial charge is 0.484 e. The van der Waals surface area contributed by atoms with Gasteiger partial charge in [-0.25, -0.2) is 0 Å². The SMILES string of the molecule is Cc1cccc(OCC(=O)N2CCC(NC(=O)c3ccsc3)CC2)c1. The maximum absolute atomic E-state index is 12.3. The number of likely N-dealkylation sites (tertiary alicyclic amines) is 1. The van der Waals surface area contributed by atoms with E-state index in [0.29, 0.717) is 24.4 Å². The summed E-state index contributed by atoms with van der Waals surface area (Å²) in [6.07, 6.45) is 1.54. The summed E-state index contributed by atoms with van der Waals surface area (Å²) >= 11 is 1.51. The van der Waals surface area contributed by atoms with E-state index >= 15 is 0 Å². The van der Waals surface area contributed by atoms with Crippen molar-refractivity contribution in [2.24, 2.45) is 0 Å². The quantitative estimate of drug-likeness (QED) is 0.894. The minimum Gasteiger partial charge on any atom is -0.484 e. The normalized spacial score (nSPS) is 15.0. The van der Waals surface area contributed by atoms with Gasteiger partial charge in [0.05, 0.1) is 0 Å². The topological polar surface area (TPSA) is 58.6 Å². The van der Waals surface area contributed by atoms with E-state index in [-0.39, 0.29) is 24.5 Å². The molecule has 2 aromatic rings. The van der Waals surface area contributed by atoms with Crippen molar-refractivity contribution in [3.8, 4) is 5.75 Å². The molecule has 1 fully saturated rings. The highest BCUT2D eigenvalue weighted by Gasteiger charge is 2.24. The fourth-order valence-corrected chi connectivity index (χ4v) is 3.51. The average molecular weight is 358 g/mol. The number of ether oxygens (including phenoxy) is 1. The van der Waals surface area contributed by atoms with E-state index in [1.165, 1.54) is 11.3 Å². The summed E-state index contributed by atoms with van der Waals surface area (Å²) in [6.45, 7) is 3.33. The molecule has 2 heterocycles. The predicted octanol–water partition coefficient (Wildman–Crippen LogP) is 2.86.